The smallest absolute Gasteiger partial charge is 0.323 e. The van der Waals surface area contributed by atoms with E-state index in [1.54, 1.807) is 0 Å². The van der Waals surface area contributed by atoms with Gasteiger partial charge in [-0.15, -0.1) is 0 Å². The molecule has 3 rings (SSSR count). The first-order chi connectivity index (χ1) is 11.9. The number of hydrogen-bond donors (Lipinski definition) is 1. The van der Waals surface area contributed by atoms with E-state index in [9.17, 15) is 9.59 Å². The number of carbonyl (C=O) groups excluding carboxylic acids is 2. The minimum Gasteiger partial charge on any atom is -0.323 e. The fourth-order valence-corrected chi connectivity index (χ4v) is 3.93. The van der Waals surface area contributed by atoms with Crippen LogP contribution in [0.15, 0.2) is 24.3 Å². The molecule has 0 aromatic heterocycles. The number of benzene rings is 1. The number of rotatable bonds is 5. The van der Waals surface area contributed by atoms with Crippen LogP contribution in [0, 0.1) is 12.8 Å². The second-order valence-electron chi connectivity index (χ2n) is 7.70. The Morgan fingerprint density at radius 2 is 2.00 bits per heavy atom. The van der Waals surface area contributed by atoms with Gasteiger partial charge in [0.25, 0.3) is 5.91 Å². The van der Waals surface area contributed by atoms with Crippen LogP contribution >= 0.6 is 0 Å². The van der Waals surface area contributed by atoms with Gasteiger partial charge in [0.15, 0.2) is 0 Å². The number of imide groups is 1. The van der Waals surface area contributed by atoms with E-state index < -0.39 is 5.54 Å². The Kier molecular flexibility index (Phi) is 5.13. The maximum absolute atomic E-state index is 13.0. The number of aryl methyl sites for hydroxylation is 1. The molecule has 0 bridgehead atoms. The summed E-state index contributed by atoms with van der Waals surface area (Å²) >= 11 is 0. The van der Waals surface area contributed by atoms with Gasteiger partial charge >= 0.3 is 6.03 Å². The second kappa shape index (κ2) is 7.16. The molecule has 1 aromatic carbocycles. The van der Waals surface area contributed by atoms with Crippen molar-refractivity contribution in [3.8, 4) is 0 Å². The Bertz CT molecular complexity index is 650. The van der Waals surface area contributed by atoms with Crippen LogP contribution in [-0.2, 0) is 11.3 Å². The van der Waals surface area contributed by atoms with Gasteiger partial charge in [0.2, 0.25) is 0 Å². The van der Waals surface area contributed by atoms with Crippen LogP contribution in [0.5, 0.6) is 0 Å². The lowest BCUT2D eigenvalue weighted by Crippen LogP contribution is -2.50. The molecular weight excluding hydrogens is 314 g/mol. The van der Waals surface area contributed by atoms with Gasteiger partial charge in [0.05, 0.1) is 6.67 Å². The Hall–Kier alpha value is -1.88. The lowest BCUT2D eigenvalue weighted by Gasteiger charge is -2.34. The molecule has 5 nitrogen and oxygen atoms in total. The summed E-state index contributed by atoms with van der Waals surface area (Å²) in [4.78, 5) is 29.0. The van der Waals surface area contributed by atoms with Crippen LogP contribution in [0.2, 0.25) is 0 Å². The van der Waals surface area contributed by atoms with E-state index in [0.29, 0.717) is 12.6 Å². The predicted octanol–water partition coefficient (Wildman–Crippen LogP) is 3.28. The quantitative estimate of drug-likeness (QED) is 0.835. The zero-order chi connectivity index (χ0) is 18.0. The van der Waals surface area contributed by atoms with Gasteiger partial charge in [-0.25, -0.2) is 9.69 Å². The number of nitrogens with zero attached hydrogens (tertiary/aromatic N) is 2. The Labute approximate surface area is 150 Å². The molecule has 1 saturated heterocycles. The van der Waals surface area contributed by atoms with Gasteiger partial charge < -0.3 is 5.32 Å². The van der Waals surface area contributed by atoms with Crippen molar-refractivity contribution < 1.29 is 9.59 Å². The van der Waals surface area contributed by atoms with Gasteiger partial charge in [-0.05, 0) is 50.6 Å². The molecule has 1 aliphatic heterocycles. The van der Waals surface area contributed by atoms with Crippen LogP contribution in [0.25, 0.3) is 0 Å². The molecule has 136 valence electrons. The first kappa shape index (κ1) is 17.9. The third-order valence-corrected chi connectivity index (χ3v) is 5.65. The van der Waals surface area contributed by atoms with Crippen molar-refractivity contribution in [3.05, 3.63) is 35.4 Å². The summed E-state index contributed by atoms with van der Waals surface area (Å²) in [5.41, 5.74) is 1.78. The van der Waals surface area contributed by atoms with E-state index in [1.165, 1.54) is 16.0 Å². The third-order valence-electron chi connectivity index (χ3n) is 5.65. The fraction of sp³-hybridized carbons (Fsp3) is 0.600. The van der Waals surface area contributed by atoms with E-state index in [0.717, 1.165) is 38.8 Å². The molecule has 1 aromatic rings. The first-order valence-corrected chi connectivity index (χ1v) is 9.35. The zero-order valence-corrected chi connectivity index (χ0v) is 15.5. The van der Waals surface area contributed by atoms with Gasteiger partial charge in [-0.1, -0.05) is 43.7 Å². The summed E-state index contributed by atoms with van der Waals surface area (Å²) in [7, 11) is 0. The molecule has 1 spiro atoms. The van der Waals surface area contributed by atoms with Gasteiger partial charge in [0.1, 0.15) is 5.54 Å². The Morgan fingerprint density at radius 3 is 2.64 bits per heavy atom. The van der Waals surface area contributed by atoms with E-state index in [4.69, 9.17) is 0 Å². The van der Waals surface area contributed by atoms with E-state index in [1.807, 2.05) is 6.07 Å². The Morgan fingerprint density at radius 1 is 1.28 bits per heavy atom. The maximum atomic E-state index is 13.0. The molecule has 0 unspecified atom stereocenters. The van der Waals surface area contributed by atoms with Crippen LogP contribution in [-0.4, -0.2) is 40.5 Å². The van der Waals surface area contributed by atoms with Crippen molar-refractivity contribution in [3.63, 3.8) is 0 Å². The SMILES string of the molecule is CCN(Cc1cccc(C)c1)CN1C(=O)NC2(CCC(C)CC2)C1=O. The summed E-state index contributed by atoms with van der Waals surface area (Å²) in [5, 5.41) is 3.00. The normalized spacial score (nSPS) is 26.6. The molecule has 25 heavy (non-hydrogen) atoms. The molecule has 1 saturated carbocycles. The van der Waals surface area contributed by atoms with Gasteiger partial charge in [0, 0.05) is 6.54 Å². The summed E-state index contributed by atoms with van der Waals surface area (Å²) in [6.07, 6.45) is 3.53. The highest BCUT2D eigenvalue weighted by atomic mass is 16.2. The first-order valence-electron chi connectivity index (χ1n) is 9.35. The van der Waals surface area contributed by atoms with E-state index in [-0.39, 0.29) is 11.9 Å². The molecule has 1 heterocycles. The van der Waals surface area contributed by atoms with Crippen molar-refractivity contribution in [1.29, 1.82) is 0 Å². The average Bonchev–Trinajstić information content (AvgIpc) is 2.81. The molecule has 0 atom stereocenters. The lowest BCUT2D eigenvalue weighted by atomic mass is 9.77. The van der Waals surface area contributed by atoms with Crippen LogP contribution < -0.4 is 5.32 Å². The summed E-state index contributed by atoms with van der Waals surface area (Å²) < 4.78 is 0. The largest absolute Gasteiger partial charge is 0.326 e. The molecule has 5 heteroatoms. The molecule has 0 radical (unpaired) electrons. The highest BCUT2D eigenvalue weighted by Gasteiger charge is 2.52. The third kappa shape index (κ3) is 3.71. The minimum atomic E-state index is -0.646. The van der Waals surface area contributed by atoms with Crippen molar-refractivity contribution in [1.82, 2.24) is 15.1 Å². The standard InChI is InChI=1S/C20H29N3O2/c1-4-22(13-17-7-5-6-16(3)12-17)14-23-18(24)20(21-19(23)25)10-8-15(2)9-11-20/h5-7,12,15H,4,8-11,13-14H2,1-3H3,(H,21,25). The monoisotopic (exact) mass is 343 g/mol. The van der Waals surface area contributed by atoms with Crippen LogP contribution in [0.1, 0.15) is 50.7 Å². The number of hydrogen-bond acceptors (Lipinski definition) is 3. The summed E-state index contributed by atoms with van der Waals surface area (Å²) in [5.74, 6) is 0.602. The fourth-order valence-electron chi connectivity index (χ4n) is 3.93. The molecule has 3 amide bonds. The van der Waals surface area contributed by atoms with Crippen molar-refractivity contribution in [2.75, 3.05) is 13.2 Å². The van der Waals surface area contributed by atoms with Gasteiger partial charge in [-0.2, -0.15) is 0 Å². The molecular formula is C20H29N3O2. The molecule has 1 N–H and O–H groups in total. The lowest BCUT2D eigenvalue weighted by molar-refractivity contribution is -0.134. The molecule has 1 aliphatic carbocycles. The topological polar surface area (TPSA) is 52.6 Å². The molecule has 2 fully saturated rings. The van der Waals surface area contributed by atoms with Crippen molar-refractivity contribution in [2.45, 2.75) is 58.5 Å². The van der Waals surface area contributed by atoms with Crippen molar-refractivity contribution >= 4 is 11.9 Å². The maximum Gasteiger partial charge on any atom is 0.326 e. The van der Waals surface area contributed by atoms with Crippen molar-refractivity contribution in [2.24, 2.45) is 5.92 Å². The number of amides is 3. The highest BCUT2D eigenvalue weighted by Crippen LogP contribution is 2.36. The number of nitrogens with one attached hydrogen (secondary N) is 1. The Balaban J connectivity index is 1.68. The number of urea groups is 1. The predicted molar refractivity (Wildman–Crippen MR) is 97.9 cm³/mol. The second-order valence-corrected chi connectivity index (χ2v) is 7.70. The number of carbonyl (C=O) groups is 2. The van der Waals surface area contributed by atoms with E-state index >= 15 is 0 Å². The van der Waals surface area contributed by atoms with Crippen LogP contribution in [0.4, 0.5) is 4.79 Å². The van der Waals surface area contributed by atoms with Crippen LogP contribution in [0.3, 0.4) is 0 Å². The van der Waals surface area contributed by atoms with Gasteiger partial charge in [-0.3, -0.25) is 9.69 Å². The summed E-state index contributed by atoms with van der Waals surface area (Å²) in [6.45, 7) is 8.23. The summed E-state index contributed by atoms with van der Waals surface area (Å²) in [6, 6.07) is 8.13. The minimum absolute atomic E-state index is 0.0351. The highest BCUT2D eigenvalue weighted by molar-refractivity contribution is 6.07. The van der Waals surface area contributed by atoms with E-state index in [2.05, 4.69) is 49.2 Å². The zero-order valence-electron chi connectivity index (χ0n) is 15.5. The average molecular weight is 343 g/mol. The molecule has 2 aliphatic rings.